The molecule has 0 saturated carbocycles. The molecule has 0 aliphatic carbocycles. The van der Waals surface area contributed by atoms with E-state index in [1.165, 1.54) is 0 Å². The monoisotopic (exact) mass is 205 g/mol. The average Bonchev–Trinajstić information content (AvgIpc) is 2.05. The highest BCUT2D eigenvalue weighted by molar-refractivity contribution is 7.98. The lowest BCUT2D eigenvalue weighted by Gasteiger charge is -2.22. The summed E-state index contributed by atoms with van der Waals surface area (Å²) >= 11 is 1.79. The Hall–Kier alpha value is -0.0600. The molecule has 0 fully saturated rings. The topological polar surface area (TPSA) is 29.5 Å². The molecule has 1 atom stereocenters. The number of ether oxygens (including phenoxy) is 1. The smallest absolute Gasteiger partial charge is 0.172 e. The molecule has 13 heavy (non-hydrogen) atoms. The van der Waals surface area contributed by atoms with Gasteiger partial charge in [0.1, 0.15) is 6.61 Å². The van der Waals surface area contributed by atoms with Crippen LogP contribution in [0.4, 0.5) is 0 Å². The molecule has 3 nitrogen and oxygen atoms in total. The van der Waals surface area contributed by atoms with Gasteiger partial charge in [0.25, 0.3) is 0 Å². The Kier molecular flexibility index (Phi) is 7.32. The van der Waals surface area contributed by atoms with Gasteiger partial charge in [0.2, 0.25) is 0 Å². The van der Waals surface area contributed by atoms with Gasteiger partial charge in [-0.2, -0.15) is 11.8 Å². The van der Waals surface area contributed by atoms with Gasteiger partial charge < -0.3 is 4.74 Å². The lowest BCUT2D eigenvalue weighted by molar-refractivity contribution is -0.123. The molecule has 0 rings (SSSR count). The quantitative estimate of drug-likeness (QED) is 0.617. The van der Waals surface area contributed by atoms with Crippen LogP contribution in [0.3, 0.4) is 0 Å². The molecule has 0 aromatic rings. The second kappa shape index (κ2) is 7.35. The first-order chi connectivity index (χ1) is 6.11. The van der Waals surface area contributed by atoms with Crippen molar-refractivity contribution < 1.29 is 9.53 Å². The van der Waals surface area contributed by atoms with Crippen molar-refractivity contribution in [1.29, 1.82) is 0 Å². The van der Waals surface area contributed by atoms with Crippen LogP contribution in [-0.4, -0.2) is 56.0 Å². The van der Waals surface area contributed by atoms with E-state index in [-0.39, 0.29) is 12.4 Å². The van der Waals surface area contributed by atoms with E-state index in [1.807, 2.05) is 7.05 Å². The molecule has 0 saturated heterocycles. The molecule has 4 heteroatoms. The Bertz CT molecular complexity index is 153. The number of ketones is 1. The number of methoxy groups -OCH3 is 1. The highest BCUT2D eigenvalue weighted by atomic mass is 32.2. The maximum atomic E-state index is 11.2. The second-order valence-corrected chi connectivity index (χ2v) is 4.10. The molecular formula is C9H19NO2S. The molecule has 0 aliphatic heterocycles. The summed E-state index contributed by atoms with van der Waals surface area (Å²) in [7, 11) is 3.51. The molecule has 0 aliphatic rings. The Labute approximate surface area is 84.8 Å². The van der Waals surface area contributed by atoms with Crippen molar-refractivity contribution in [1.82, 2.24) is 4.90 Å². The molecule has 0 heterocycles. The Morgan fingerprint density at radius 2 is 2.23 bits per heavy atom. The van der Waals surface area contributed by atoms with Crippen LogP contribution < -0.4 is 0 Å². The van der Waals surface area contributed by atoms with Crippen LogP contribution in [0.15, 0.2) is 0 Å². The van der Waals surface area contributed by atoms with Crippen LogP contribution in [0.5, 0.6) is 0 Å². The van der Waals surface area contributed by atoms with E-state index in [0.29, 0.717) is 12.6 Å². The van der Waals surface area contributed by atoms with Crippen molar-refractivity contribution in [3.05, 3.63) is 0 Å². The summed E-state index contributed by atoms with van der Waals surface area (Å²) in [4.78, 5) is 13.2. The van der Waals surface area contributed by atoms with Gasteiger partial charge in [-0.05, 0) is 20.2 Å². The molecule has 1 unspecified atom stereocenters. The van der Waals surface area contributed by atoms with Crippen molar-refractivity contribution in [2.75, 3.05) is 39.3 Å². The van der Waals surface area contributed by atoms with E-state index >= 15 is 0 Å². The minimum atomic E-state index is 0.137. The van der Waals surface area contributed by atoms with Gasteiger partial charge in [-0.1, -0.05) is 0 Å². The van der Waals surface area contributed by atoms with E-state index in [2.05, 4.69) is 18.1 Å². The summed E-state index contributed by atoms with van der Waals surface area (Å²) < 4.78 is 4.76. The highest BCUT2D eigenvalue weighted by Gasteiger charge is 2.11. The maximum Gasteiger partial charge on any atom is 0.172 e. The van der Waals surface area contributed by atoms with Crippen molar-refractivity contribution in [2.45, 2.75) is 13.0 Å². The van der Waals surface area contributed by atoms with Gasteiger partial charge in [0.05, 0.1) is 6.54 Å². The van der Waals surface area contributed by atoms with E-state index in [0.717, 1.165) is 5.75 Å². The number of carbonyl (C=O) groups is 1. The lowest BCUT2D eigenvalue weighted by atomic mass is 10.3. The first-order valence-electron chi connectivity index (χ1n) is 4.31. The summed E-state index contributed by atoms with van der Waals surface area (Å²) in [6, 6.07) is 0.441. The minimum Gasteiger partial charge on any atom is -0.377 e. The normalized spacial score (nSPS) is 13.3. The molecule has 0 amide bonds. The van der Waals surface area contributed by atoms with Crippen LogP contribution in [0.1, 0.15) is 6.92 Å². The van der Waals surface area contributed by atoms with Crippen LogP contribution in [0.25, 0.3) is 0 Å². The zero-order valence-corrected chi connectivity index (χ0v) is 9.69. The van der Waals surface area contributed by atoms with Crippen LogP contribution >= 0.6 is 11.8 Å². The summed E-state index contributed by atoms with van der Waals surface area (Å²) in [5.74, 6) is 1.19. The minimum absolute atomic E-state index is 0.137. The molecule has 0 spiro atoms. The predicted octanol–water partition coefficient (Wildman–Crippen LogP) is 0.885. The number of carbonyl (C=O) groups excluding carboxylic acids is 1. The van der Waals surface area contributed by atoms with Crippen molar-refractivity contribution in [2.24, 2.45) is 0 Å². The van der Waals surface area contributed by atoms with Gasteiger partial charge in [0.15, 0.2) is 5.78 Å². The zero-order chi connectivity index (χ0) is 10.3. The fourth-order valence-electron chi connectivity index (χ4n) is 1.01. The third kappa shape index (κ3) is 6.07. The summed E-state index contributed by atoms with van der Waals surface area (Å²) in [6.45, 7) is 2.82. The number of rotatable bonds is 7. The van der Waals surface area contributed by atoms with E-state index in [4.69, 9.17) is 4.74 Å². The standard InChI is InChI=1S/C9H19NO2S/c1-8(7-13-4)10(2)5-9(11)6-12-3/h8H,5-7H2,1-4H3. The summed E-state index contributed by atoms with van der Waals surface area (Å²) in [5, 5.41) is 0. The summed E-state index contributed by atoms with van der Waals surface area (Å²) in [5.41, 5.74) is 0. The van der Waals surface area contributed by atoms with E-state index in [9.17, 15) is 4.79 Å². The highest BCUT2D eigenvalue weighted by Crippen LogP contribution is 2.03. The fraction of sp³-hybridized carbons (Fsp3) is 0.889. The third-order valence-electron chi connectivity index (χ3n) is 1.89. The van der Waals surface area contributed by atoms with Gasteiger partial charge in [0, 0.05) is 18.9 Å². The SMILES string of the molecule is COCC(=O)CN(C)C(C)CSC. The maximum absolute atomic E-state index is 11.2. The Morgan fingerprint density at radius 3 is 2.69 bits per heavy atom. The van der Waals surface area contributed by atoms with E-state index < -0.39 is 0 Å². The first-order valence-corrected chi connectivity index (χ1v) is 5.71. The number of hydrogen-bond donors (Lipinski definition) is 0. The fourth-order valence-corrected chi connectivity index (χ4v) is 1.75. The van der Waals surface area contributed by atoms with Crippen LogP contribution in [0, 0.1) is 0 Å². The molecule has 78 valence electrons. The van der Waals surface area contributed by atoms with Gasteiger partial charge in [-0.25, -0.2) is 0 Å². The van der Waals surface area contributed by atoms with Gasteiger partial charge in [-0.15, -0.1) is 0 Å². The van der Waals surface area contributed by atoms with Crippen LogP contribution in [0.2, 0.25) is 0 Å². The molecular weight excluding hydrogens is 186 g/mol. The molecule has 0 N–H and O–H groups in total. The van der Waals surface area contributed by atoms with Gasteiger partial charge in [-0.3, -0.25) is 9.69 Å². The number of hydrogen-bond acceptors (Lipinski definition) is 4. The molecule has 0 bridgehead atoms. The van der Waals surface area contributed by atoms with Crippen molar-refractivity contribution in [3.63, 3.8) is 0 Å². The largest absolute Gasteiger partial charge is 0.377 e. The Balaban J connectivity index is 3.71. The molecule has 0 aromatic heterocycles. The van der Waals surface area contributed by atoms with Crippen LogP contribution in [-0.2, 0) is 9.53 Å². The van der Waals surface area contributed by atoms with Gasteiger partial charge >= 0.3 is 0 Å². The third-order valence-corrected chi connectivity index (χ3v) is 2.71. The van der Waals surface area contributed by atoms with Crippen molar-refractivity contribution >= 4 is 17.5 Å². The number of likely N-dealkylation sites (N-methyl/N-ethyl adjacent to an activating group) is 1. The van der Waals surface area contributed by atoms with Crippen molar-refractivity contribution in [3.8, 4) is 0 Å². The summed E-state index contributed by atoms with van der Waals surface area (Å²) in [6.07, 6.45) is 2.07. The number of nitrogens with zero attached hydrogens (tertiary/aromatic N) is 1. The second-order valence-electron chi connectivity index (χ2n) is 3.19. The first kappa shape index (κ1) is 12.9. The average molecular weight is 205 g/mol. The number of Topliss-reactive ketones (excluding diaryl/α,β-unsaturated/α-hetero) is 1. The lowest BCUT2D eigenvalue weighted by Crippen LogP contribution is -2.36. The molecule has 0 aromatic carbocycles. The zero-order valence-electron chi connectivity index (χ0n) is 8.87. The Morgan fingerprint density at radius 1 is 1.62 bits per heavy atom. The number of thioether (sulfide) groups is 1. The predicted molar refractivity (Wildman–Crippen MR) is 57.4 cm³/mol. The van der Waals surface area contributed by atoms with E-state index in [1.54, 1.807) is 18.9 Å². The molecule has 0 radical (unpaired) electrons.